The van der Waals surface area contributed by atoms with Crippen LogP contribution in [0.25, 0.3) is 0 Å². The number of aromatic nitrogens is 1. The molecule has 1 aliphatic heterocycles. The third kappa shape index (κ3) is 3.36. The van der Waals surface area contributed by atoms with Gasteiger partial charge in [0.05, 0.1) is 12.2 Å². The van der Waals surface area contributed by atoms with Crippen molar-refractivity contribution in [2.24, 2.45) is 0 Å². The average molecular weight is 341 g/mol. The van der Waals surface area contributed by atoms with Crippen molar-refractivity contribution in [3.05, 3.63) is 28.5 Å². The summed E-state index contributed by atoms with van der Waals surface area (Å²) in [6.07, 6.45) is 4.02. The topological polar surface area (TPSA) is 59.5 Å². The first-order valence-electron chi connectivity index (χ1n) is 6.72. The van der Waals surface area contributed by atoms with Gasteiger partial charge in [-0.15, -0.1) is 0 Å². The number of ether oxygens (including phenoxy) is 1. The summed E-state index contributed by atoms with van der Waals surface area (Å²) in [5, 5.41) is 0. The Kier molecular flexibility index (Phi) is 5.11. The van der Waals surface area contributed by atoms with Gasteiger partial charge in [-0.1, -0.05) is 0 Å². The van der Waals surface area contributed by atoms with Gasteiger partial charge in [0.25, 0.3) is 5.91 Å². The number of rotatable bonds is 3. The Labute approximate surface area is 126 Å². The summed E-state index contributed by atoms with van der Waals surface area (Å²) in [6, 6.07) is 2.95. The normalized spacial score (nSPS) is 18.7. The summed E-state index contributed by atoms with van der Waals surface area (Å²) < 4.78 is 5.74. The Bertz CT molecular complexity index is 490. The monoisotopic (exact) mass is 340 g/mol. The predicted molar refractivity (Wildman–Crippen MR) is 77.2 cm³/mol. The van der Waals surface area contributed by atoms with Gasteiger partial charge in [0.15, 0.2) is 0 Å². The van der Waals surface area contributed by atoms with Crippen LogP contribution in [0.1, 0.15) is 36.5 Å². The summed E-state index contributed by atoms with van der Waals surface area (Å²) >= 11 is 3.24. The van der Waals surface area contributed by atoms with Gasteiger partial charge in [-0.2, -0.15) is 0 Å². The first-order valence-corrected chi connectivity index (χ1v) is 7.52. The smallest absolute Gasteiger partial charge is 0.328 e. The molecule has 1 fully saturated rings. The highest BCUT2D eigenvalue weighted by Crippen LogP contribution is 2.21. The molecule has 0 bridgehead atoms. The molecule has 2 rings (SSSR count). The van der Waals surface area contributed by atoms with Crippen LogP contribution in [0, 0.1) is 0 Å². The maximum Gasteiger partial charge on any atom is 0.328 e. The highest BCUT2D eigenvalue weighted by Gasteiger charge is 2.33. The molecule has 0 saturated carbocycles. The van der Waals surface area contributed by atoms with Gasteiger partial charge in [0.2, 0.25) is 0 Å². The minimum atomic E-state index is -0.472. The van der Waals surface area contributed by atoms with Crippen molar-refractivity contribution in [3.8, 4) is 0 Å². The van der Waals surface area contributed by atoms with Crippen LogP contribution in [0.15, 0.2) is 22.9 Å². The van der Waals surface area contributed by atoms with E-state index in [1.54, 1.807) is 24.0 Å². The first-order chi connectivity index (χ1) is 9.63. The highest BCUT2D eigenvalue weighted by molar-refractivity contribution is 9.10. The number of esters is 1. The molecule has 1 unspecified atom stereocenters. The van der Waals surface area contributed by atoms with Crippen molar-refractivity contribution >= 4 is 27.8 Å². The fraction of sp³-hybridized carbons (Fsp3) is 0.500. The van der Waals surface area contributed by atoms with Gasteiger partial charge >= 0.3 is 5.97 Å². The maximum absolute atomic E-state index is 12.5. The lowest BCUT2D eigenvalue weighted by Gasteiger charge is -2.34. The molecule has 1 aromatic heterocycles. The van der Waals surface area contributed by atoms with E-state index in [4.69, 9.17) is 4.74 Å². The minimum absolute atomic E-state index is 0.164. The molecule has 20 heavy (non-hydrogen) atoms. The number of piperidine rings is 1. The lowest BCUT2D eigenvalue weighted by Crippen LogP contribution is -2.48. The number of hydrogen-bond acceptors (Lipinski definition) is 4. The third-order valence-corrected chi connectivity index (χ3v) is 3.77. The summed E-state index contributed by atoms with van der Waals surface area (Å²) in [5.41, 5.74) is 0.490. The SMILES string of the molecule is CCOC(=O)C1CCCCN1C(=O)c1ccc(Br)nc1. The van der Waals surface area contributed by atoms with E-state index in [2.05, 4.69) is 20.9 Å². The summed E-state index contributed by atoms with van der Waals surface area (Å²) in [5.74, 6) is -0.478. The zero-order valence-corrected chi connectivity index (χ0v) is 12.9. The second kappa shape index (κ2) is 6.83. The zero-order valence-electron chi connectivity index (χ0n) is 11.3. The predicted octanol–water partition coefficient (Wildman–Crippen LogP) is 2.40. The highest BCUT2D eigenvalue weighted by atomic mass is 79.9. The molecular formula is C14H17BrN2O3. The molecule has 6 heteroatoms. The van der Waals surface area contributed by atoms with Gasteiger partial charge in [0, 0.05) is 12.7 Å². The van der Waals surface area contributed by atoms with E-state index in [-0.39, 0.29) is 11.9 Å². The summed E-state index contributed by atoms with van der Waals surface area (Å²) in [4.78, 5) is 30.1. The van der Waals surface area contributed by atoms with Crippen molar-refractivity contribution in [1.29, 1.82) is 0 Å². The van der Waals surface area contributed by atoms with Crippen LogP contribution in [0.5, 0.6) is 0 Å². The van der Waals surface area contributed by atoms with Crippen LogP contribution < -0.4 is 0 Å². The molecule has 0 spiro atoms. The molecule has 0 aliphatic carbocycles. The number of pyridine rings is 1. The van der Waals surface area contributed by atoms with E-state index in [1.807, 2.05) is 0 Å². The summed E-state index contributed by atoms with van der Waals surface area (Å²) in [7, 11) is 0. The van der Waals surface area contributed by atoms with E-state index < -0.39 is 6.04 Å². The Morgan fingerprint density at radius 2 is 2.25 bits per heavy atom. The number of halogens is 1. The van der Waals surface area contributed by atoms with Crippen LogP contribution in [0.3, 0.4) is 0 Å². The Morgan fingerprint density at radius 3 is 2.90 bits per heavy atom. The largest absolute Gasteiger partial charge is 0.464 e. The van der Waals surface area contributed by atoms with Crippen molar-refractivity contribution < 1.29 is 14.3 Å². The Hall–Kier alpha value is -1.43. The maximum atomic E-state index is 12.5. The van der Waals surface area contributed by atoms with Crippen LogP contribution in [-0.2, 0) is 9.53 Å². The van der Waals surface area contributed by atoms with E-state index in [1.165, 1.54) is 6.20 Å². The molecular weight excluding hydrogens is 324 g/mol. The average Bonchev–Trinajstić information content (AvgIpc) is 2.47. The number of carbonyl (C=O) groups is 2. The number of hydrogen-bond donors (Lipinski definition) is 0. The molecule has 1 aliphatic rings. The standard InChI is InChI=1S/C14H17BrN2O3/c1-2-20-14(19)11-5-3-4-8-17(11)13(18)10-6-7-12(15)16-9-10/h6-7,9,11H,2-5,8H2,1H3. The van der Waals surface area contributed by atoms with Gasteiger partial charge < -0.3 is 9.64 Å². The van der Waals surface area contributed by atoms with E-state index in [9.17, 15) is 9.59 Å². The van der Waals surface area contributed by atoms with Crippen molar-refractivity contribution in [2.75, 3.05) is 13.2 Å². The third-order valence-electron chi connectivity index (χ3n) is 3.30. The second-order valence-electron chi connectivity index (χ2n) is 4.63. The molecule has 1 atom stereocenters. The van der Waals surface area contributed by atoms with Crippen molar-refractivity contribution in [2.45, 2.75) is 32.2 Å². The van der Waals surface area contributed by atoms with E-state index in [0.717, 1.165) is 12.8 Å². The molecule has 0 aromatic carbocycles. The van der Waals surface area contributed by atoms with Gasteiger partial charge in [-0.05, 0) is 54.2 Å². The van der Waals surface area contributed by atoms with Gasteiger partial charge in [-0.3, -0.25) is 4.79 Å². The molecule has 2 heterocycles. The van der Waals surface area contributed by atoms with Gasteiger partial charge in [-0.25, -0.2) is 9.78 Å². The van der Waals surface area contributed by atoms with E-state index >= 15 is 0 Å². The first kappa shape index (κ1) is 15.0. The molecule has 1 saturated heterocycles. The van der Waals surface area contributed by atoms with Crippen LogP contribution >= 0.6 is 15.9 Å². The number of nitrogens with zero attached hydrogens (tertiary/aromatic N) is 2. The second-order valence-corrected chi connectivity index (χ2v) is 5.44. The fourth-order valence-electron chi connectivity index (χ4n) is 2.33. The molecule has 1 amide bonds. The number of likely N-dealkylation sites (tertiary alicyclic amines) is 1. The lowest BCUT2D eigenvalue weighted by molar-refractivity contribution is -0.149. The molecule has 1 aromatic rings. The van der Waals surface area contributed by atoms with Crippen LogP contribution in [0.2, 0.25) is 0 Å². The van der Waals surface area contributed by atoms with Gasteiger partial charge in [0.1, 0.15) is 10.6 Å². The molecule has 108 valence electrons. The van der Waals surface area contributed by atoms with Crippen LogP contribution in [-0.4, -0.2) is 41.0 Å². The molecule has 0 N–H and O–H groups in total. The Morgan fingerprint density at radius 1 is 1.45 bits per heavy atom. The zero-order chi connectivity index (χ0) is 14.5. The summed E-state index contributed by atoms with van der Waals surface area (Å²) in [6.45, 7) is 2.68. The van der Waals surface area contributed by atoms with Crippen molar-refractivity contribution in [3.63, 3.8) is 0 Å². The lowest BCUT2D eigenvalue weighted by atomic mass is 10.0. The Balaban J connectivity index is 2.16. The number of amides is 1. The van der Waals surface area contributed by atoms with Crippen molar-refractivity contribution in [1.82, 2.24) is 9.88 Å². The van der Waals surface area contributed by atoms with Crippen LogP contribution in [0.4, 0.5) is 0 Å². The number of carbonyl (C=O) groups excluding carboxylic acids is 2. The quantitative estimate of drug-likeness (QED) is 0.626. The fourth-order valence-corrected chi connectivity index (χ4v) is 2.56. The van der Waals surface area contributed by atoms with E-state index in [0.29, 0.717) is 29.7 Å². The molecule has 5 nitrogen and oxygen atoms in total. The minimum Gasteiger partial charge on any atom is -0.464 e. The molecule has 0 radical (unpaired) electrons.